The van der Waals surface area contributed by atoms with E-state index in [1.807, 2.05) is 0 Å². The maximum Gasteiger partial charge on any atom is 0.340 e. The number of amides is 2. The van der Waals surface area contributed by atoms with E-state index in [0.717, 1.165) is 12.8 Å². The van der Waals surface area contributed by atoms with E-state index in [-0.39, 0.29) is 24.9 Å². The number of halogens is 1. The van der Waals surface area contributed by atoms with E-state index in [2.05, 4.69) is 5.32 Å². The SMILES string of the molecule is CCOC(C)(C(=O)O)c1ccc(OCCN(CCCC2CCCCC2)C(=O)Nc2ccccc2F)cc1. The molecule has 2 N–H and O–H groups in total. The van der Waals surface area contributed by atoms with Crippen molar-refractivity contribution in [2.24, 2.45) is 5.92 Å². The molecule has 37 heavy (non-hydrogen) atoms. The Morgan fingerprint density at radius 3 is 2.43 bits per heavy atom. The molecule has 0 aromatic heterocycles. The Hall–Kier alpha value is -3.13. The highest BCUT2D eigenvalue weighted by Crippen LogP contribution is 2.28. The lowest BCUT2D eigenvalue weighted by Gasteiger charge is -2.26. The quantitative estimate of drug-likeness (QED) is 0.321. The van der Waals surface area contributed by atoms with Crippen molar-refractivity contribution in [2.45, 2.75) is 64.4 Å². The Morgan fingerprint density at radius 1 is 1.08 bits per heavy atom. The van der Waals surface area contributed by atoms with Gasteiger partial charge in [-0.15, -0.1) is 0 Å². The summed E-state index contributed by atoms with van der Waals surface area (Å²) in [6.07, 6.45) is 8.35. The third-order valence-electron chi connectivity index (χ3n) is 7.04. The van der Waals surface area contributed by atoms with Crippen molar-refractivity contribution < 1.29 is 28.6 Å². The average molecular weight is 515 g/mol. The molecule has 3 rings (SSSR count). The highest BCUT2D eigenvalue weighted by molar-refractivity contribution is 5.89. The third kappa shape index (κ3) is 8.18. The largest absolute Gasteiger partial charge is 0.492 e. The average Bonchev–Trinajstić information content (AvgIpc) is 2.90. The lowest BCUT2D eigenvalue weighted by Crippen LogP contribution is -2.39. The summed E-state index contributed by atoms with van der Waals surface area (Å²) < 4.78 is 25.4. The summed E-state index contributed by atoms with van der Waals surface area (Å²) in [4.78, 5) is 26.4. The number of carboxylic acid groups (broad SMARTS) is 1. The zero-order valence-electron chi connectivity index (χ0n) is 21.9. The minimum Gasteiger partial charge on any atom is -0.492 e. The van der Waals surface area contributed by atoms with Crippen molar-refractivity contribution in [1.29, 1.82) is 0 Å². The highest BCUT2D eigenvalue weighted by Gasteiger charge is 2.36. The van der Waals surface area contributed by atoms with Crippen molar-refractivity contribution in [3.8, 4) is 5.75 Å². The summed E-state index contributed by atoms with van der Waals surface area (Å²) >= 11 is 0. The number of nitrogens with one attached hydrogen (secondary N) is 1. The van der Waals surface area contributed by atoms with E-state index in [0.29, 0.717) is 30.3 Å². The molecule has 0 radical (unpaired) electrons. The van der Waals surface area contributed by atoms with E-state index < -0.39 is 17.4 Å². The number of para-hydroxylation sites is 1. The monoisotopic (exact) mass is 514 g/mol. The van der Waals surface area contributed by atoms with E-state index in [1.165, 1.54) is 45.1 Å². The first kappa shape index (κ1) is 28.4. The van der Waals surface area contributed by atoms with Crippen LogP contribution in [0.3, 0.4) is 0 Å². The molecule has 0 aliphatic heterocycles. The number of urea groups is 1. The second-order valence-electron chi connectivity index (χ2n) is 9.69. The normalized spacial score (nSPS) is 15.5. The molecule has 1 fully saturated rings. The second kappa shape index (κ2) is 14.0. The van der Waals surface area contributed by atoms with Gasteiger partial charge in [0.05, 0.1) is 12.2 Å². The fourth-order valence-electron chi connectivity index (χ4n) is 4.82. The third-order valence-corrected chi connectivity index (χ3v) is 7.04. The number of nitrogens with zero attached hydrogens (tertiary/aromatic N) is 1. The molecule has 1 saturated carbocycles. The van der Waals surface area contributed by atoms with Gasteiger partial charge in [0, 0.05) is 13.2 Å². The Labute approximate surface area is 219 Å². The van der Waals surface area contributed by atoms with E-state index in [1.54, 1.807) is 54.3 Å². The van der Waals surface area contributed by atoms with Gasteiger partial charge in [0.25, 0.3) is 0 Å². The molecule has 2 aromatic rings. The molecule has 0 bridgehead atoms. The van der Waals surface area contributed by atoms with Gasteiger partial charge in [0.1, 0.15) is 18.2 Å². The first-order valence-corrected chi connectivity index (χ1v) is 13.2. The number of carboxylic acids is 1. The Morgan fingerprint density at radius 2 is 1.78 bits per heavy atom. The number of benzene rings is 2. The summed E-state index contributed by atoms with van der Waals surface area (Å²) in [7, 11) is 0. The van der Waals surface area contributed by atoms with Crippen molar-refractivity contribution in [3.63, 3.8) is 0 Å². The number of hydrogen-bond donors (Lipinski definition) is 2. The van der Waals surface area contributed by atoms with Crippen LogP contribution in [-0.2, 0) is 15.1 Å². The van der Waals surface area contributed by atoms with E-state index >= 15 is 0 Å². The lowest BCUT2D eigenvalue weighted by atomic mass is 9.86. The maximum absolute atomic E-state index is 14.1. The Balaban J connectivity index is 1.58. The molecule has 7 nitrogen and oxygen atoms in total. The molecule has 0 saturated heterocycles. The molecular weight excluding hydrogens is 475 g/mol. The number of carbonyl (C=O) groups is 2. The Bertz CT molecular complexity index is 1010. The molecule has 8 heteroatoms. The van der Waals surface area contributed by atoms with Crippen LogP contribution in [-0.4, -0.2) is 48.3 Å². The van der Waals surface area contributed by atoms with Crippen LogP contribution in [0.25, 0.3) is 0 Å². The minimum absolute atomic E-state index is 0.150. The predicted molar refractivity (Wildman–Crippen MR) is 141 cm³/mol. The van der Waals surface area contributed by atoms with Crippen LogP contribution in [0.2, 0.25) is 0 Å². The number of anilines is 1. The van der Waals surface area contributed by atoms with Gasteiger partial charge in [-0.25, -0.2) is 14.0 Å². The van der Waals surface area contributed by atoms with Gasteiger partial charge >= 0.3 is 12.0 Å². The van der Waals surface area contributed by atoms with Crippen LogP contribution >= 0.6 is 0 Å². The van der Waals surface area contributed by atoms with Crippen LogP contribution in [0.15, 0.2) is 48.5 Å². The summed E-state index contributed by atoms with van der Waals surface area (Å²) in [5.41, 5.74) is -0.771. The van der Waals surface area contributed by atoms with Gasteiger partial charge < -0.3 is 24.8 Å². The summed E-state index contributed by atoms with van der Waals surface area (Å²) in [6.45, 7) is 4.68. The molecule has 0 spiro atoms. The molecule has 1 aliphatic rings. The van der Waals surface area contributed by atoms with Crippen LogP contribution in [0.1, 0.15) is 64.4 Å². The molecule has 202 valence electrons. The van der Waals surface area contributed by atoms with Crippen LogP contribution in [0.4, 0.5) is 14.9 Å². The van der Waals surface area contributed by atoms with Gasteiger partial charge in [-0.3, -0.25) is 0 Å². The molecule has 2 aromatic carbocycles. The molecule has 1 unspecified atom stereocenters. The number of carbonyl (C=O) groups excluding carboxylic acids is 1. The summed E-state index contributed by atoms with van der Waals surface area (Å²) in [5.74, 6) is -0.264. The van der Waals surface area contributed by atoms with E-state index in [4.69, 9.17) is 9.47 Å². The fourth-order valence-corrected chi connectivity index (χ4v) is 4.82. The predicted octanol–water partition coefficient (Wildman–Crippen LogP) is 6.44. The maximum atomic E-state index is 14.1. The van der Waals surface area contributed by atoms with Crippen LogP contribution < -0.4 is 10.1 Å². The minimum atomic E-state index is -1.44. The number of hydrogen-bond acceptors (Lipinski definition) is 4. The zero-order valence-corrected chi connectivity index (χ0v) is 21.9. The van der Waals surface area contributed by atoms with Gasteiger partial charge in [0.2, 0.25) is 0 Å². The van der Waals surface area contributed by atoms with E-state index in [9.17, 15) is 19.1 Å². The van der Waals surface area contributed by atoms with Gasteiger partial charge in [-0.05, 0) is 62.4 Å². The topological polar surface area (TPSA) is 88.1 Å². The summed E-state index contributed by atoms with van der Waals surface area (Å²) in [5, 5.41) is 12.3. The number of ether oxygens (including phenoxy) is 2. The molecule has 1 atom stereocenters. The highest BCUT2D eigenvalue weighted by atomic mass is 19.1. The second-order valence-corrected chi connectivity index (χ2v) is 9.69. The van der Waals surface area contributed by atoms with Gasteiger partial charge in [-0.1, -0.05) is 56.4 Å². The standard InChI is InChI=1S/C29H39FN2O5/c1-3-37-29(2,27(33)34)23-15-17-24(18-16-23)36-21-20-32(19-9-12-22-10-5-4-6-11-22)28(35)31-26-14-8-7-13-25(26)30/h7-8,13-18,22H,3-6,9-12,19-21H2,1-2H3,(H,31,35)(H,33,34). The lowest BCUT2D eigenvalue weighted by molar-refractivity contribution is -0.164. The van der Waals surface area contributed by atoms with Gasteiger partial charge in [0.15, 0.2) is 5.60 Å². The van der Waals surface area contributed by atoms with Crippen molar-refractivity contribution in [3.05, 3.63) is 59.9 Å². The van der Waals surface area contributed by atoms with Crippen molar-refractivity contribution in [2.75, 3.05) is 31.6 Å². The van der Waals surface area contributed by atoms with Crippen molar-refractivity contribution in [1.82, 2.24) is 4.90 Å². The van der Waals surface area contributed by atoms with Crippen molar-refractivity contribution >= 4 is 17.7 Å². The first-order valence-electron chi connectivity index (χ1n) is 13.2. The Kier molecular flexibility index (Phi) is 10.7. The summed E-state index contributed by atoms with van der Waals surface area (Å²) in [6, 6.07) is 12.5. The molecule has 2 amide bonds. The van der Waals surface area contributed by atoms with Crippen LogP contribution in [0.5, 0.6) is 5.75 Å². The van der Waals surface area contributed by atoms with Gasteiger partial charge in [-0.2, -0.15) is 0 Å². The number of aliphatic carboxylic acids is 1. The smallest absolute Gasteiger partial charge is 0.340 e. The first-order chi connectivity index (χ1) is 17.8. The number of rotatable bonds is 13. The zero-order chi connectivity index (χ0) is 26.7. The molecule has 0 heterocycles. The molecular formula is C29H39FN2O5. The van der Waals surface area contributed by atoms with Crippen LogP contribution in [0, 0.1) is 11.7 Å². The molecule has 1 aliphatic carbocycles. The fraction of sp³-hybridized carbons (Fsp3) is 0.517.